The molecule has 0 aromatic heterocycles. The van der Waals surface area contributed by atoms with Gasteiger partial charge in [0.15, 0.2) is 11.5 Å². The summed E-state index contributed by atoms with van der Waals surface area (Å²) in [5.41, 5.74) is 1.12. The van der Waals surface area contributed by atoms with Crippen molar-refractivity contribution in [2.45, 2.75) is 6.42 Å². The van der Waals surface area contributed by atoms with E-state index in [9.17, 15) is 8.42 Å². The summed E-state index contributed by atoms with van der Waals surface area (Å²) < 4.78 is 40.1. The molecule has 1 aliphatic heterocycles. The van der Waals surface area contributed by atoms with Gasteiger partial charge in [-0.15, -0.1) is 0 Å². The molecule has 0 atom stereocenters. The van der Waals surface area contributed by atoms with Crippen molar-refractivity contribution in [3.05, 3.63) is 23.8 Å². The Morgan fingerprint density at radius 3 is 2.68 bits per heavy atom. The molecule has 0 saturated carbocycles. The summed E-state index contributed by atoms with van der Waals surface area (Å²) in [6.07, 6.45) is 0.826. The topological polar surface area (TPSA) is 72.8 Å². The fourth-order valence-electron chi connectivity index (χ4n) is 1.55. The van der Waals surface area contributed by atoms with Gasteiger partial charge in [0.1, 0.15) is 0 Å². The van der Waals surface area contributed by atoms with E-state index in [4.69, 9.17) is 14.0 Å². The van der Waals surface area contributed by atoms with Crippen LogP contribution in [0.1, 0.15) is 5.56 Å². The predicted octanol–water partition coefficient (Wildman–Crippen LogP) is 0.930. The second kappa shape index (κ2) is 7.75. The van der Waals surface area contributed by atoms with E-state index in [1.807, 2.05) is 18.2 Å². The summed E-state index contributed by atoms with van der Waals surface area (Å²) >= 11 is 1.50. The van der Waals surface area contributed by atoms with Gasteiger partial charge >= 0.3 is 29.6 Å². The maximum absolute atomic E-state index is 10.5. The molecule has 0 radical (unpaired) electrons. The molecule has 0 amide bonds. The molecule has 1 aromatic carbocycles. The summed E-state index contributed by atoms with van der Waals surface area (Å²) in [4.78, 5) is 0. The number of hydrogen-bond acceptors (Lipinski definition) is 5. The Bertz CT molecular complexity index is 518. The van der Waals surface area contributed by atoms with Crippen molar-refractivity contribution in [3.63, 3.8) is 0 Å². The molecule has 0 bridgehead atoms. The van der Waals surface area contributed by atoms with Gasteiger partial charge in [0.25, 0.3) is 10.1 Å². The first kappa shape index (κ1) is 17.1. The second-order valence-corrected chi connectivity index (χ2v) is 6.63. The van der Waals surface area contributed by atoms with Crippen LogP contribution in [0.3, 0.4) is 0 Å². The van der Waals surface area contributed by atoms with Gasteiger partial charge in [0.2, 0.25) is 6.79 Å². The number of benzene rings is 1. The zero-order chi connectivity index (χ0) is 13.0. The van der Waals surface area contributed by atoms with Crippen molar-refractivity contribution in [3.8, 4) is 11.5 Å². The molecular weight excluding hydrogens is 299 g/mol. The average Bonchev–Trinajstić information content (AvgIpc) is 2.74. The van der Waals surface area contributed by atoms with Gasteiger partial charge in [-0.25, -0.2) is 0 Å². The Kier molecular flexibility index (Phi) is 6.99. The Morgan fingerprint density at radius 2 is 1.95 bits per heavy atom. The molecule has 2 rings (SSSR count). The van der Waals surface area contributed by atoms with Crippen molar-refractivity contribution in [2.24, 2.45) is 0 Å². The predicted molar refractivity (Wildman–Crippen MR) is 77.2 cm³/mol. The van der Waals surface area contributed by atoms with E-state index in [1.54, 1.807) is 0 Å². The van der Waals surface area contributed by atoms with Gasteiger partial charge in [0, 0.05) is 5.75 Å². The van der Waals surface area contributed by atoms with Gasteiger partial charge in [-0.3, -0.25) is 4.55 Å². The van der Waals surface area contributed by atoms with Crippen LogP contribution >= 0.6 is 11.8 Å². The summed E-state index contributed by atoms with van der Waals surface area (Å²) in [5, 5.41) is 0. The molecule has 1 aliphatic rings. The van der Waals surface area contributed by atoms with Crippen molar-refractivity contribution < 1.29 is 22.4 Å². The number of fused-ring (bicyclic) bond motifs is 1. The molecule has 0 unspecified atom stereocenters. The number of aryl methyl sites for hydroxylation is 1. The zero-order valence-corrected chi connectivity index (χ0v) is 11.3. The van der Waals surface area contributed by atoms with Crippen molar-refractivity contribution in [2.75, 3.05) is 24.1 Å². The van der Waals surface area contributed by atoms with E-state index >= 15 is 0 Å². The molecule has 0 spiro atoms. The van der Waals surface area contributed by atoms with E-state index < -0.39 is 10.1 Å². The molecule has 1 aromatic rings. The van der Waals surface area contributed by atoms with Crippen LogP contribution in [-0.4, -0.2) is 66.6 Å². The first-order valence-corrected chi connectivity index (χ1v) is 8.22. The number of hydrogen-bond donors (Lipinski definition) is 1. The number of ether oxygens (including phenoxy) is 2. The number of rotatable bonds is 6. The van der Waals surface area contributed by atoms with Gasteiger partial charge in [0.05, 0.1) is 5.75 Å². The molecule has 19 heavy (non-hydrogen) atoms. The molecule has 1 N–H and O–H groups in total. The van der Waals surface area contributed by atoms with Crippen LogP contribution in [-0.2, 0) is 16.5 Å². The minimum absolute atomic E-state index is 0. The monoisotopic (exact) mass is 314 g/mol. The SMILES string of the molecule is O=S(=O)(O)CCSCCc1ccc2c(c1)OCO2.[NaH]. The third-order valence-corrected chi connectivity index (χ3v) is 4.42. The molecule has 0 aliphatic carbocycles. The van der Waals surface area contributed by atoms with Crippen LogP contribution in [0.5, 0.6) is 11.5 Å². The zero-order valence-electron chi connectivity index (χ0n) is 9.66. The Morgan fingerprint density at radius 1 is 1.21 bits per heavy atom. The van der Waals surface area contributed by atoms with Gasteiger partial charge in [-0.05, 0) is 29.9 Å². The average molecular weight is 314 g/mol. The first-order valence-electron chi connectivity index (χ1n) is 5.46. The normalized spacial score (nSPS) is 13.1. The third kappa shape index (κ3) is 5.93. The summed E-state index contributed by atoms with van der Waals surface area (Å²) in [7, 11) is -3.83. The standard InChI is InChI=1S/C11H14O5S2.Na.H/c12-18(13,14)6-5-17-4-3-9-1-2-10-11(7-9)16-8-15-10;;/h1-2,7H,3-6,8H2,(H,12,13,14);;. The second-order valence-electron chi connectivity index (χ2n) is 3.84. The van der Waals surface area contributed by atoms with Crippen LogP contribution < -0.4 is 9.47 Å². The molecule has 8 heteroatoms. The summed E-state index contributed by atoms with van der Waals surface area (Å²) in [6, 6.07) is 5.78. The van der Waals surface area contributed by atoms with E-state index in [-0.39, 0.29) is 42.1 Å². The molecular formula is C11H15NaO5S2. The quantitative estimate of drug-likeness (QED) is 0.478. The Hall–Kier alpha value is 0.0800. The third-order valence-electron chi connectivity index (χ3n) is 2.46. The molecule has 1 heterocycles. The molecule has 102 valence electrons. The van der Waals surface area contributed by atoms with Crippen molar-refractivity contribution >= 4 is 51.4 Å². The molecule has 5 nitrogen and oxygen atoms in total. The number of thioether (sulfide) groups is 1. The van der Waals surface area contributed by atoms with Gasteiger partial charge in [-0.2, -0.15) is 20.2 Å². The van der Waals surface area contributed by atoms with Crippen LogP contribution in [0.25, 0.3) is 0 Å². The maximum atomic E-state index is 10.5. The fourth-order valence-corrected chi connectivity index (χ4v) is 3.45. The van der Waals surface area contributed by atoms with E-state index in [1.165, 1.54) is 11.8 Å². The van der Waals surface area contributed by atoms with E-state index in [0.717, 1.165) is 29.2 Å². The van der Waals surface area contributed by atoms with E-state index in [0.29, 0.717) is 5.75 Å². The Labute approximate surface area is 139 Å². The van der Waals surface area contributed by atoms with Gasteiger partial charge < -0.3 is 9.47 Å². The van der Waals surface area contributed by atoms with Crippen molar-refractivity contribution in [1.82, 2.24) is 0 Å². The van der Waals surface area contributed by atoms with Crippen LogP contribution in [0.2, 0.25) is 0 Å². The first-order chi connectivity index (χ1) is 8.54. The molecule has 0 fully saturated rings. The summed E-state index contributed by atoms with van der Waals surface area (Å²) in [5.74, 6) is 2.53. The Balaban J connectivity index is 0.00000180. The van der Waals surface area contributed by atoms with Crippen LogP contribution in [0.4, 0.5) is 0 Å². The minimum atomic E-state index is -3.83. The molecule has 0 saturated heterocycles. The van der Waals surface area contributed by atoms with Crippen LogP contribution in [0.15, 0.2) is 18.2 Å². The van der Waals surface area contributed by atoms with Crippen molar-refractivity contribution in [1.29, 1.82) is 0 Å². The van der Waals surface area contributed by atoms with Gasteiger partial charge in [-0.1, -0.05) is 6.07 Å². The fraction of sp³-hybridized carbons (Fsp3) is 0.455. The van der Waals surface area contributed by atoms with E-state index in [2.05, 4.69) is 0 Å². The summed E-state index contributed by atoms with van der Waals surface area (Å²) in [6.45, 7) is 0.266. The van der Waals surface area contributed by atoms with Crippen LogP contribution in [0, 0.1) is 0 Å².